The van der Waals surface area contributed by atoms with E-state index in [1.807, 2.05) is 4.90 Å². The Labute approximate surface area is 85.4 Å². The number of carbonyl (C=O) groups is 1. The second kappa shape index (κ2) is 3.89. The first-order valence-electron chi connectivity index (χ1n) is 5.61. The Balaban J connectivity index is 1.89. The number of nitrogens with zero attached hydrogens (tertiary/aromatic N) is 1. The highest BCUT2D eigenvalue weighted by atomic mass is 16.5. The summed E-state index contributed by atoms with van der Waals surface area (Å²) >= 11 is 0. The first-order chi connectivity index (χ1) is 6.66. The molecule has 0 spiro atoms. The van der Waals surface area contributed by atoms with Crippen LogP contribution in [0.3, 0.4) is 0 Å². The van der Waals surface area contributed by atoms with Gasteiger partial charge in [0.25, 0.3) is 0 Å². The van der Waals surface area contributed by atoms with Gasteiger partial charge in [0, 0.05) is 19.0 Å². The van der Waals surface area contributed by atoms with Crippen molar-refractivity contribution in [3.05, 3.63) is 0 Å². The van der Waals surface area contributed by atoms with Crippen molar-refractivity contribution >= 4 is 5.91 Å². The second-order valence-electron chi connectivity index (χ2n) is 4.61. The molecule has 1 amide bonds. The second-order valence-corrected chi connectivity index (χ2v) is 4.61. The van der Waals surface area contributed by atoms with Crippen molar-refractivity contribution in [3.8, 4) is 0 Å². The molecule has 0 aromatic heterocycles. The minimum atomic E-state index is 0.309. The third kappa shape index (κ3) is 1.92. The molecule has 2 heterocycles. The minimum Gasteiger partial charge on any atom is -0.375 e. The standard InChI is InChI=1S/C11H19NO2/c1-8(2)14-10-5-6-12-9(7-10)3-4-11(12)13/h8-10H,3-7H2,1-2H3/t9-,10+/m0/s1. The van der Waals surface area contributed by atoms with E-state index in [2.05, 4.69) is 13.8 Å². The van der Waals surface area contributed by atoms with Crippen LogP contribution in [-0.4, -0.2) is 35.6 Å². The van der Waals surface area contributed by atoms with Crippen molar-refractivity contribution in [2.24, 2.45) is 0 Å². The zero-order chi connectivity index (χ0) is 10.1. The van der Waals surface area contributed by atoms with Crippen molar-refractivity contribution < 1.29 is 9.53 Å². The Morgan fingerprint density at radius 2 is 2.21 bits per heavy atom. The summed E-state index contributed by atoms with van der Waals surface area (Å²) in [6.45, 7) is 5.05. The number of amides is 1. The number of piperidine rings is 1. The Morgan fingerprint density at radius 3 is 2.93 bits per heavy atom. The summed E-state index contributed by atoms with van der Waals surface area (Å²) in [5.41, 5.74) is 0. The number of carbonyl (C=O) groups excluding carboxylic acids is 1. The molecule has 2 saturated heterocycles. The molecular formula is C11H19NO2. The Hall–Kier alpha value is -0.570. The van der Waals surface area contributed by atoms with Gasteiger partial charge in [0.05, 0.1) is 12.2 Å². The quantitative estimate of drug-likeness (QED) is 0.672. The van der Waals surface area contributed by atoms with Crippen LogP contribution in [0.15, 0.2) is 0 Å². The van der Waals surface area contributed by atoms with E-state index in [-0.39, 0.29) is 0 Å². The average Bonchev–Trinajstić information content (AvgIpc) is 2.46. The normalized spacial score (nSPS) is 32.5. The molecule has 0 unspecified atom stereocenters. The Kier molecular flexibility index (Phi) is 2.77. The van der Waals surface area contributed by atoms with Gasteiger partial charge in [-0.3, -0.25) is 4.79 Å². The van der Waals surface area contributed by atoms with Gasteiger partial charge in [-0.05, 0) is 33.1 Å². The third-order valence-electron chi connectivity index (χ3n) is 3.14. The van der Waals surface area contributed by atoms with Crippen LogP contribution in [0.1, 0.15) is 39.5 Å². The van der Waals surface area contributed by atoms with E-state index in [1.165, 1.54) is 0 Å². The van der Waals surface area contributed by atoms with Crippen LogP contribution in [0.4, 0.5) is 0 Å². The molecule has 0 N–H and O–H groups in total. The summed E-state index contributed by atoms with van der Waals surface area (Å²) in [6.07, 6.45) is 4.53. The maximum Gasteiger partial charge on any atom is 0.222 e. The molecule has 0 saturated carbocycles. The first kappa shape index (κ1) is 9.97. The number of fused-ring (bicyclic) bond motifs is 1. The molecule has 3 nitrogen and oxygen atoms in total. The molecule has 2 fully saturated rings. The molecule has 2 aliphatic heterocycles. The molecule has 0 aromatic rings. The molecule has 3 heteroatoms. The summed E-state index contributed by atoms with van der Waals surface area (Å²) in [4.78, 5) is 13.5. The van der Waals surface area contributed by atoms with Gasteiger partial charge in [0.15, 0.2) is 0 Å². The maximum atomic E-state index is 11.4. The summed E-state index contributed by atoms with van der Waals surface area (Å²) in [6, 6.07) is 0.472. The molecular weight excluding hydrogens is 178 g/mol. The zero-order valence-electron chi connectivity index (χ0n) is 9.03. The lowest BCUT2D eigenvalue weighted by atomic mass is 10.00. The van der Waals surface area contributed by atoms with Crippen LogP contribution < -0.4 is 0 Å². The number of ether oxygens (including phenoxy) is 1. The lowest BCUT2D eigenvalue weighted by Crippen LogP contribution is -2.43. The van der Waals surface area contributed by atoms with Crippen LogP contribution >= 0.6 is 0 Å². The van der Waals surface area contributed by atoms with Crippen LogP contribution in [-0.2, 0) is 9.53 Å². The summed E-state index contributed by atoms with van der Waals surface area (Å²) < 4.78 is 5.80. The predicted octanol–water partition coefficient (Wildman–Crippen LogP) is 1.56. The molecule has 80 valence electrons. The van der Waals surface area contributed by atoms with Crippen LogP contribution in [0.2, 0.25) is 0 Å². The molecule has 0 radical (unpaired) electrons. The predicted molar refractivity (Wildman–Crippen MR) is 54.0 cm³/mol. The van der Waals surface area contributed by atoms with E-state index in [1.54, 1.807) is 0 Å². The largest absolute Gasteiger partial charge is 0.375 e. The van der Waals surface area contributed by atoms with E-state index in [0.717, 1.165) is 32.2 Å². The molecule has 0 aromatic carbocycles. The molecule has 2 rings (SSSR count). The van der Waals surface area contributed by atoms with Crippen LogP contribution in [0.5, 0.6) is 0 Å². The van der Waals surface area contributed by atoms with Crippen molar-refractivity contribution in [3.63, 3.8) is 0 Å². The third-order valence-corrected chi connectivity index (χ3v) is 3.14. The van der Waals surface area contributed by atoms with Crippen LogP contribution in [0, 0.1) is 0 Å². The highest BCUT2D eigenvalue weighted by Gasteiger charge is 2.36. The van der Waals surface area contributed by atoms with Gasteiger partial charge < -0.3 is 9.64 Å². The van der Waals surface area contributed by atoms with Crippen molar-refractivity contribution in [2.45, 2.75) is 57.8 Å². The van der Waals surface area contributed by atoms with Gasteiger partial charge in [-0.2, -0.15) is 0 Å². The smallest absolute Gasteiger partial charge is 0.222 e. The Morgan fingerprint density at radius 1 is 1.43 bits per heavy atom. The summed E-state index contributed by atoms with van der Waals surface area (Å²) in [5, 5.41) is 0. The van der Waals surface area contributed by atoms with Crippen molar-refractivity contribution in [1.82, 2.24) is 4.90 Å². The highest BCUT2D eigenvalue weighted by molar-refractivity contribution is 5.78. The van der Waals surface area contributed by atoms with E-state index < -0.39 is 0 Å². The monoisotopic (exact) mass is 197 g/mol. The van der Waals surface area contributed by atoms with Gasteiger partial charge in [-0.1, -0.05) is 0 Å². The van der Waals surface area contributed by atoms with Gasteiger partial charge >= 0.3 is 0 Å². The van der Waals surface area contributed by atoms with Gasteiger partial charge in [-0.15, -0.1) is 0 Å². The Bertz CT molecular complexity index is 227. The summed E-state index contributed by atoms with van der Waals surface area (Å²) in [7, 11) is 0. The van der Waals surface area contributed by atoms with E-state index in [9.17, 15) is 4.79 Å². The summed E-state index contributed by atoms with van der Waals surface area (Å²) in [5.74, 6) is 0.345. The number of hydrogen-bond acceptors (Lipinski definition) is 2. The topological polar surface area (TPSA) is 29.5 Å². The van der Waals surface area contributed by atoms with Gasteiger partial charge in [0.1, 0.15) is 0 Å². The average molecular weight is 197 g/mol. The zero-order valence-corrected chi connectivity index (χ0v) is 9.03. The molecule has 2 aliphatic rings. The van der Waals surface area contributed by atoms with Crippen molar-refractivity contribution in [1.29, 1.82) is 0 Å². The fourth-order valence-electron chi connectivity index (χ4n) is 2.56. The SMILES string of the molecule is CC(C)O[C@@H]1CCN2C(=O)CC[C@H]2C1. The lowest BCUT2D eigenvalue weighted by Gasteiger charge is -2.35. The fourth-order valence-corrected chi connectivity index (χ4v) is 2.56. The van der Waals surface area contributed by atoms with Crippen molar-refractivity contribution in [2.75, 3.05) is 6.54 Å². The van der Waals surface area contributed by atoms with Gasteiger partial charge in [0.2, 0.25) is 5.91 Å². The van der Waals surface area contributed by atoms with E-state index in [0.29, 0.717) is 24.2 Å². The lowest BCUT2D eigenvalue weighted by molar-refractivity contribution is -0.132. The molecule has 0 bridgehead atoms. The maximum absolute atomic E-state index is 11.4. The molecule has 14 heavy (non-hydrogen) atoms. The number of rotatable bonds is 2. The highest BCUT2D eigenvalue weighted by Crippen LogP contribution is 2.29. The van der Waals surface area contributed by atoms with E-state index >= 15 is 0 Å². The van der Waals surface area contributed by atoms with Crippen LogP contribution in [0.25, 0.3) is 0 Å². The van der Waals surface area contributed by atoms with E-state index in [4.69, 9.17) is 4.74 Å². The van der Waals surface area contributed by atoms with Gasteiger partial charge in [-0.25, -0.2) is 0 Å². The first-order valence-corrected chi connectivity index (χ1v) is 5.61. The fraction of sp³-hybridized carbons (Fsp3) is 0.909. The molecule has 2 atom stereocenters. The minimum absolute atomic E-state index is 0.309. The molecule has 0 aliphatic carbocycles. The number of hydrogen-bond donors (Lipinski definition) is 0.